The van der Waals surface area contributed by atoms with Gasteiger partial charge in [-0.1, -0.05) is 30.3 Å². The molecule has 4 aromatic carbocycles. The van der Waals surface area contributed by atoms with Gasteiger partial charge in [-0.3, -0.25) is 14.9 Å². The van der Waals surface area contributed by atoms with Crippen molar-refractivity contribution >= 4 is 49.9 Å². The highest BCUT2D eigenvalue weighted by Gasteiger charge is 2.16. The number of amides is 1. The number of carbonyl (C=O) groups excluding carboxylic acids is 1. The summed E-state index contributed by atoms with van der Waals surface area (Å²) >= 11 is 0. The van der Waals surface area contributed by atoms with Gasteiger partial charge in [0.15, 0.2) is 0 Å². The minimum atomic E-state index is -0.508. The van der Waals surface area contributed by atoms with Crippen LogP contribution < -0.4 is 5.32 Å². The van der Waals surface area contributed by atoms with Crippen molar-refractivity contribution in [2.75, 3.05) is 5.32 Å². The molecule has 1 aromatic heterocycles. The maximum absolute atomic E-state index is 12.7. The lowest BCUT2D eigenvalue weighted by molar-refractivity contribution is -0.384. The number of nitrogens with zero attached hydrogens (tertiary/aromatic N) is 1. The third kappa shape index (κ3) is 2.80. The molecule has 3 N–H and O–H groups in total. The number of aromatic hydroxyl groups is 1. The second kappa shape index (κ2) is 6.59. The smallest absolute Gasteiger partial charge is 0.269 e. The molecule has 0 saturated heterocycles. The number of phenols is 1. The zero-order valence-corrected chi connectivity index (χ0v) is 15.5. The predicted octanol–water partition coefficient (Wildman–Crippen LogP) is 5.34. The molecule has 1 amide bonds. The van der Waals surface area contributed by atoms with Gasteiger partial charge in [-0.2, -0.15) is 0 Å². The molecule has 0 atom stereocenters. The van der Waals surface area contributed by atoms with E-state index in [0.717, 1.165) is 32.6 Å². The molecule has 0 fully saturated rings. The molecule has 1 heterocycles. The highest BCUT2D eigenvalue weighted by molar-refractivity contribution is 6.18. The third-order valence-corrected chi connectivity index (χ3v) is 5.19. The Hall–Kier alpha value is -4.39. The molecule has 5 rings (SSSR count). The van der Waals surface area contributed by atoms with Crippen LogP contribution in [0.4, 0.5) is 11.4 Å². The van der Waals surface area contributed by atoms with Crippen molar-refractivity contribution in [3.63, 3.8) is 0 Å². The lowest BCUT2D eigenvalue weighted by Crippen LogP contribution is -2.12. The molecular weight excluding hydrogens is 382 g/mol. The topological polar surface area (TPSA) is 108 Å². The third-order valence-electron chi connectivity index (χ3n) is 5.19. The van der Waals surface area contributed by atoms with Crippen molar-refractivity contribution in [2.24, 2.45) is 0 Å². The van der Waals surface area contributed by atoms with Gasteiger partial charge in [0.05, 0.1) is 16.0 Å². The van der Waals surface area contributed by atoms with Gasteiger partial charge in [-0.25, -0.2) is 0 Å². The molecule has 5 aromatic rings. The summed E-state index contributed by atoms with van der Waals surface area (Å²) in [5.74, 6) is -0.645. The molecule has 146 valence electrons. The molecule has 0 bridgehead atoms. The van der Waals surface area contributed by atoms with Crippen LogP contribution in [0.1, 0.15) is 10.4 Å². The van der Waals surface area contributed by atoms with Crippen LogP contribution in [0, 0.1) is 10.1 Å². The summed E-state index contributed by atoms with van der Waals surface area (Å²) in [5.41, 5.74) is 2.35. The maximum Gasteiger partial charge on any atom is 0.269 e. The number of phenolic OH excluding ortho intramolecular Hbond substituents is 1. The van der Waals surface area contributed by atoms with E-state index in [2.05, 4.69) is 10.3 Å². The number of H-pyrrole nitrogens is 1. The van der Waals surface area contributed by atoms with Crippen molar-refractivity contribution in [3.8, 4) is 5.75 Å². The number of aromatic nitrogens is 1. The van der Waals surface area contributed by atoms with Crippen LogP contribution in [0.3, 0.4) is 0 Å². The summed E-state index contributed by atoms with van der Waals surface area (Å²) in [7, 11) is 0. The van der Waals surface area contributed by atoms with Gasteiger partial charge in [0.25, 0.3) is 11.6 Å². The zero-order chi connectivity index (χ0) is 20.8. The van der Waals surface area contributed by atoms with Crippen molar-refractivity contribution in [1.82, 2.24) is 4.98 Å². The van der Waals surface area contributed by atoms with Crippen LogP contribution in [0.25, 0.3) is 32.6 Å². The van der Waals surface area contributed by atoms with E-state index in [9.17, 15) is 20.0 Å². The normalized spacial score (nSPS) is 11.2. The number of non-ortho nitro benzene ring substituents is 1. The number of anilines is 1. The first kappa shape index (κ1) is 17.7. The van der Waals surface area contributed by atoms with Gasteiger partial charge in [0.2, 0.25) is 0 Å². The van der Waals surface area contributed by atoms with Gasteiger partial charge in [0.1, 0.15) is 5.75 Å². The van der Waals surface area contributed by atoms with Crippen molar-refractivity contribution < 1.29 is 14.8 Å². The molecule has 0 saturated carbocycles. The van der Waals surface area contributed by atoms with E-state index in [1.54, 1.807) is 12.1 Å². The Balaban J connectivity index is 1.55. The van der Waals surface area contributed by atoms with E-state index in [1.807, 2.05) is 36.4 Å². The van der Waals surface area contributed by atoms with Crippen LogP contribution in [0.5, 0.6) is 5.75 Å². The Bertz CT molecular complexity index is 1470. The number of nitrogens with one attached hydrogen (secondary N) is 2. The fourth-order valence-electron chi connectivity index (χ4n) is 3.73. The zero-order valence-electron chi connectivity index (χ0n) is 15.5. The first-order chi connectivity index (χ1) is 14.5. The van der Waals surface area contributed by atoms with Crippen LogP contribution in [-0.4, -0.2) is 20.9 Å². The number of carbonyl (C=O) groups is 1. The number of nitro groups is 1. The number of para-hydroxylation sites is 1. The quantitative estimate of drug-likeness (QED) is 0.282. The molecule has 0 radical (unpaired) electrons. The number of aromatic amines is 1. The Morgan fingerprint density at radius 2 is 1.70 bits per heavy atom. The predicted molar refractivity (Wildman–Crippen MR) is 116 cm³/mol. The van der Waals surface area contributed by atoms with Gasteiger partial charge in [0, 0.05) is 39.5 Å². The number of hydrogen-bond acceptors (Lipinski definition) is 4. The van der Waals surface area contributed by atoms with Gasteiger partial charge in [-0.15, -0.1) is 0 Å². The molecule has 7 heteroatoms. The van der Waals surface area contributed by atoms with Crippen LogP contribution >= 0.6 is 0 Å². The summed E-state index contributed by atoms with van der Waals surface area (Å²) in [4.78, 5) is 26.3. The van der Waals surface area contributed by atoms with E-state index in [1.165, 1.54) is 24.3 Å². The fourth-order valence-corrected chi connectivity index (χ4v) is 3.73. The highest BCUT2D eigenvalue weighted by Crippen LogP contribution is 2.34. The summed E-state index contributed by atoms with van der Waals surface area (Å²) in [6, 6.07) is 20.6. The van der Waals surface area contributed by atoms with Gasteiger partial charge < -0.3 is 15.4 Å². The first-order valence-corrected chi connectivity index (χ1v) is 9.23. The van der Waals surface area contributed by atoms with E-state index in [-0.39, 0.29) is 17.0 Å². The van der Waals surface area contributed by atoms with Crippen LogP contribution in [0.15, 0.2) is 72.8 Å². The lowest BCUT2D eigenvalue weighted by Gasteiger charge is -2.09. The average Bonchev–Trinajstić information content (AvgIpc) is 3.13. The van der Waals surface area contributed by atoms with Crippen LogP contribution in [0.2, 0.25) is 0 Å². The Labute approximate surface area is 169 Å². The number of hydrogen-bond donors (Lipinski definition) is 3. The lowest BCUT2D eigenvalue weighted by atomic mass is 10.0. The molecular formula is C23H15N3O4. The summed E-state index contributed by atoms with van der Waals surface area (Å²) in [5, 5.41) is 27.7. The Morgan fingerprint density at radius 1 is 0.933 bits per heavy atom. The number of rotatable bonds is 3. The van der Waals surface area contributed by atoms with Crippen molar-refractivity contribution in [1.29, 1.82) is 0 Å². The molecule has 0 aliphatic heterocycles. The monoisotopic (exact) mass is 397 g/mol. The summed E-state index contributed by atoms with van der Waals surface area (Å²) < 4.78 is 0. The minimum Gasteiger partial charge on any atom is -0.507 e. The second-order valence-corrected chi connectivity index (χ2v) is 7.01. The minimum absolute atomic E-state index is 0.0658. The molecule has 0 aliphatic carbocycles. The largest absolute Gasteiger partial charge is 0.507 e. The van der Waals surface area contributed by atoms with E-state index >= 15 is 0 Å². The molecule has 0 spiro atoms. The number of nitro benzene ring substituents is 1. The van der Waals surface area contributed by atoms with Crippen molar-refractivity contribution in [3.05, 3.63) is 88.5 Å². The fraction of sp³-hybridized carbons (Fsp3) is 0. The summed E-state index contributed by atoms with van der Waals surface area (Å²) in [6.45, 7) is 0. The molecule has 7 nitrogen and oxygen atoms in total. The second-order valence-electron chi connectivity index (χ2n) is 7.01. The number of fused-ring (bicyclic) bond motifs is 5. The SMILES string of the molecule is O=C(Nc1ccc([N+](=O)[O-])cc1)c1cc2ccc3c4ccccc4[nH]c3c2cc1O. The van der Waals surface area contributed by atoms with Gasteiger partial charge >= 0.3 is 0 Å². The first-order valence-electron chi connectivity index (χ1n) is 9.23. The van der Waals surface area contributed by atoms with E-state index in [0.29, 0.717) is 5.69 Å². The average molecular weight is 397 g/mol. The number of benzene rings is 4. The Kier molecular flexibility index (Phi) is 3.89. The van der Waals surface area contributed by atoms with E-state index in [4.69, 9.17) is 0 Å². The Morgan fingerprint density at radius 3 is 2.47 bits per heavy atom. The van der Waals surface area contributed by atoms with Crippen LogP contribution in [-0.2, 0) is 0 Å². The summed E-state index contributed by atoms with van der Waals surface area (Å²) in [6.07, 6.45) is 0. The van der Waals surface area contributed by atoms with Gasteiger partial charge in [-0.05, 0) is 35.7 Å². The van der Waals surface area contributed by atoms with E-state index < -0.39 is 10.8 Å². The molecule has 30 heavy (non-hydrogen) atoms. The molecule has 0 unspecified atom stereocenters. The maximum atomic E-state index is 12.7. The standard InChI is InChI=1S/C23H15N3O4/c27-21-12-18-13(5-10-17-16-3-1-2-4-20(16)25-22(17)18)11-19(21)23(28)24-14-6-8-15(9-7-14)26(29)30/h1-12,25,27H,(H,24,28). The highest BCUT2D eigenvalue weighted by atomic mass is 16.6. The molecule has 0 aliphatic rings. The van der Waals surface area contributed by atoms with Crippen molar-refractivity contribution in [2.45, 2.75) is 0 Å².